The Labute approximate surface area is 185 Å². The number of anilines is 1. The number of aliphatic hydroxyl groups is 1. The molecule has 32 heavy (non-hydrogen) atoms. The van der Waals surface area contributed by atoms with Gasteiger partial charge in [-0.1, -0.05) is 26.7 Å². The Morgan fingerprint density at radius 3 is 2.66 bits per heavy atom. The highest BCUT2D eigenvalue weighted by atomic mass is 19.4. The minimum Gasteiger partial charge on any atom is -0.391 e. The fraction of sp³-hybridized carbons (Fsp3) is 0.565. The van der Waals surface area contributed by atoms with Crippen LogP contribution < -0.4 is 11.1 Å². The lowest BCUT2D eigenvalue weighted by Gasteiger charge is -2.31. The van der Waals surface area contributed by atoms with Crippen molar-refractivity contribution in [2.45, 2.75) is 77.1 Å². The van der Waals surface area contributed by atoms with Gasteiger partial charge < -0.3 is 16.2 Å². The average Bonchev–Trinajstić information content (AvgIpc) is 3.07. The number of amides is 1. The first-order valence-corrected chi connectivity index (χ1v) is 11.0. The van der Waals surface area contributed by atoms with Crippen molar-refractivity contribution >= 4 is 11.6 Å². The van der Waals surface area contributed by atoms with Gasteiger partial charge in [0.05, 0.1) is 23.4 Å². The van der Waals surface area contributed by atoms with Crippen LogP contribution >= 0.6 is 0 Å². The summed E-state index contributed by atoms with van der Waals surface area (Å²) in [5.74, 6) is -0.649. The fourth-order valence-corrected chi connectivity index (χ4v) is 4.85. The summed E-state index contributed by atoms with van der Waals surface area (Å²) in [6, 6.07) is 4.42. The smallest absolute Gasteiger partial charge is 0.391 e. The zero-order chi connectivity index (χ0) is 23.3. The van der Waals surface area contributed by atoms with Gasteiger partial charge in [0.15, 0.2) is 5.69 Å². The minimum absolute atomic E-state index is 0.145. The van der Waals surface area contributed by atoms with Crippen molar-refractivity contribution in [3.05, 3.63) is 40.7 Å². The normalized spacial score (nSPS) is 22.9. The third kappa shape index (κ3) is 4.35. The van der Waals surface area contributed by atoms with Gasteiger partial charge in [0.2, 0.25) is 0 Å². The molecule has 2 aliphatic rings. The molecule has 0 spiro atoms. The third-order valence-electron chi connectivity index (χ3n) is 6.64. The van der Waals surface area contributed by atoms with Crippen molar-refractivity contribution in [1.82, 2.24) is 9.78 Å². The number of hydrogen-bond donors (Lipinski definition) is 3. The number of rotatable bonds is 4. The van der Waals surface area contributed by atoms with Crippen molar-refractivity contribution in [1.29, 1.82) is 0 Å². The monoisotopic (exact) mass is 450 g/mol. The number of hydrogen-bond acceptors (Lipinski definition) is 4. The highest BCUT2D eigenvalue weighted by Crippen LogP contribution is 2.42. The van der Waals surface area contributed by atoms with E-state index in [1.807, 2.05) is 13.8 Å². The lowest BCUT2D eigenvalue weighted by atomic mass is 9.76. The lowest BCUT2D eigenvalue weighted by Crippen LogP contribution is -2.37. The number of halogens is 3. The molecule has 4 N–H and O–H groups in total. The van der Waals surface area contributed by atoms with Crippen molar-refractivity contribution < 1.29 is 23.1 Å². The van der Waals surface area contributed by atoms with E-state index in [-0.39, 0.29) is 22.6 Å². The molecule has 1 fully saturated rings. The third-order valence-corrected chi connectivity index (χ3v) is 6.64. The first-order chi connectivity index (χ1) is 15.0. The SMILES string of the molecule is CC1(C)CCc2c(C(F)(F)F)nn(-c3ccc(C(N)=O)c(NC4CCCCC4O)c3)c2C1. The number of aliphatic hydroxyl groups excluding tert-OH is 1. The van der Waals surface area contributed by atoms with Crippen molar-refractivity contribution in [2.24, 2.45) is 11.1 Å². The molecule has 2 unspecified atom stereocenters. The maximum absolute atomic E-state index is 13.7. The molecule has 4 rings (SSSR count). The van der Waals surface area contributed by atoms with Crippen LogP contribution in [0.5, 0.6) is 0 Å². The van der Waals surface area contributed by atoms with Crippen LogP contribution in [0, 0.1) is 5.41 Å². The molecule has 1 aromatic heterocycles. The summed E-state index contributed by atoms with van der Waals surface area (Å²) < 4.78 is 42.5. The number of nitrogens with two attached hydrogens (primary N) is 1. The van der Waals surface area contributed by atoms with Crippen LogP contribution in [-0.4, -0.2) is 32.9 Å². The summed E-state index contributed by atoms with van der Waals surface area (Å²) in [6.07, 6.45) is -0.424. The van der Waals surface area contributed by atoms with Crippen LogP contribution in [0.3, 0.4) is 0 Å². The molecule has 174 valence electrons. The second-order valence-corrected chi connectivity index (χ2v) is 9.72. The Hall–Kier alpha value is -2.55. The van der Waals surface area contributed by atoms with E-state index < -0.39 is 23.9 Å². The Bertz CT molecular complexity index is 1030. The quantitative estimate of drug-likeness (QED) is 0.650. The summed E-state index contributed by atoms with van der Waals surface area (Å²) in [5.41, 5.74) is 6.38. The van der Waals surface area contributed by atoms with Crippen molar-refractivity contribution in [2.75, 3.05) is 5.32 Å². The molecule has 0 aliphatic heterocycles. The Balaban J connectivity index is 1.80. The van der Waals surface area contributed by atoms with Crippen LogP contribution in [0.25, 0.3) is 5.69 Å². The second kappa shape index (κ2) is 8.10. The Morgan fingerprint density at radius 2 is 2.00 bits per heavy atom. The molecular weight excluding hydrogens is 421 g/mol. The summed E-state index contributed by atoms with van der Waals surface area (Å²) in [7, 11) is 0. The highest BCUT2D eigenvalue weighted by Gasteiger charge is 2.42. The molecular formula is C23H29F3N4O2. The van der Waals surface area contributed by atoms with Gasteiger partial charge in [0, 0.05) is 16.9 Å². The largest absolute Gasteiger partial charge is 0.435 e. The summed E-state index contributed by atoms with van der Waals surface area (Å²) in [6.45, 7) is 4.07. The van der Waals surface area contributed by atoms with E-state index >= 15 is 0 Å². The number of carbonyl (C=O) groups is 1. The van der Waals surface area contributed by atoms with Crippen LogP contribution in [0.4, 0.5) is 18.9 Å². The first kappa shape index (κ1) is 22.6. The highest BCUT2D eigenvalue weighted by molar-refractivity contribution is 5.99. The average molecular weight is 451 g/mol. The summed E-state index contributed by atoms with van der Waals surface area (Å²) >= 11 is 0. The lowest BCUT2D eigenvalue weighted by molar-refractivity contribution is -0.142. The molecule has 2 aromatic rings. The standard InChI is InChI=1S/C23H29F3N4O2/c1-22(2)10-9-15-18(12-22)30(29-20(15)23(24,25)26)13-7-8-14(21(27)32)17(11-13)28-16-5-3-4-6-19(16)31/h7-8,11,16,19,28,31H,3-6,9-10,12H2,1-2H3,(H2,27,32). The van der Waals surface area contributed by atoms with Crippen LogP contribution in [0.15, 0.2) is 18.2 Å². The van der Waals surface area contributed by atoms with E-state index in [1.54, 1.807) is 12.1 Å². The first-order valence-electron chi connectivity index (χ1n) is 11.0. The zero-order valence-corrected chi connectivity index (χ0v) is 18.3. The predicted octanol–water partition coefficient (Wildman–Crippen LogP) is 4.22. The number of primary amides is 1. The molecule has 9 heteroatoms. The Morgan fingerprint density at radius 1 is 1.28 bits per heavy atom. The van der Waals surface area contributed by atoms with Gasteiger partial charge in [-0.25, -0.2) is 4.68 Å². The van der Waals surface area contributed by atoms with E-state index in [2.05, 4.69) is 10.4 Å². The molecule has 0 radical (unpaired) electrons. The fourth-order valence-electron chi connectivity index (χ4n) is 4.85. The molecule has 2 aliphatic carbocycles. The zero-order valence-electron chi connectivity index (χ0n) is 18.3. The molecule has 1 saturated carbocycles. The Kier molecular flexibility index (Phi) is 5.73. The van der Waals surface area contributed by atoms with Gasteiger partial charge >= 0.3 is 6.18 Å². The van der Waals surface area contributed by atoms with Crippen LogP contribution in [-0.2, 0) is 19.0 Å². The van der Waals surface area contributed by atoms with Crippen molar-refractivity contribution in [3.63, 3.8) is 0 Å². The number of alkyl halides is 3. The van der Waals surface area contributed by atoms with Gasteiger partial charge in [0.25, 0.3) is 5.91 Å². The number of benzene rings is 1. The van der Waals surface area contributed by atoms with E-state index in [1.165, 1.54) is 10.7 Å². The molecule has 1 amide bonds. The molecule has 0 saturated heterocycles. The van der Waals surface area contributed by atoms with Crippen LogP contribution in [0.1, 0.15) is 73.3 Å². The van der Waals surface area contributed by atoms with Crippen LogP contribution in [0.2, 0.25) is 0 Å². The predicted molar refractivity (Wildman–Crippen MR) is 115 cm³/mol. The molecule has 6 nitrogen and oxygen atoms in total. The van der Waals surface area contributed by atoms with E-state index in [4.69, 9.17) is 5.73 Å². The van der Waals surface area contributed by atoms with Crippen molar-refractivity contribution in [3.8, 4) is 5.69 Å². The number of carbonyl (C=O) groups excluding carboxylic acids is 1. The molecule has 0 bridgehead atoms. The number of aromatic nitrogens is 2. The molecule has 1 aromatic carbocycles. The topological polar surface area (TPSA) is 93.2 Å². The number of fused-ring (bicyclic) bond motifs is 1. The van der Waals surface area contributed by atoms with E-state index in [0.29, 0.717) is 42.8 Å². The van der Waals surface area contributed by atoms with Gasteiger partial charge in [-0.3, -0.25) is 4.79 Å². The summed E-state index contributed by atoms with van der Waals surface area (Å²) in [5, 5.41) is 17.5. The van der Waals surface area contributed by atoms with Gasteiger partial charge in [-0.05, 0) is 55.7 Å². The second-order valence-electron chi connectivity index (χ2n) is 9.72. The van der Waals surface area contributed by atoms with Gasteiger partial charge in [-0.15, -0.1) is 0 Å². The minimum atomic E-state index is -4.54. The van der Waals surface area contributed by atoms with Gasteiger partial charge in [0.1, 0.15) is 0 Å². The maximum atomic E-state index is 13.7. The molecule has 2 atom stereocenters. The number of nitrogens with zero attached hydrogens (tertiary/aromatic N) is 2. The maximum Gasteiger partial charge on any atom is 0.435 e. The van der Waals surface area contributed by atoms with E-state index in [0.717, 1.165) is 19.3 Å². The molecule has 1 heterocycles. The summed E-state index contributed by atoms with van der Waals surface area (Å²) in [4.78, 5) is 12.0. The van der Waals surface area contributed by atoms with Gasteiger partial charge in [-0.2, -0.15) is 18.3 Å². The number of nitrogens with one attached hydrogen (secondary N) is 1. The van der Waals surface area contributed by atoms with E-state index in [9.17, 15) is 23.1 Å².